The van der Waals surface area contributed by atoms with Crippen LogP contribution in [0.4, 0.5) is 0 Å². The number of hydrogen-bond acceptors (Lipinski definition) is 2. The summed E-state index contributed by atoms with van der Waals surface area (Å²) in [5.74, 6) is 0. The first-order valence-electron chi connectivity index (χ1n) is 7.69. The van der Waals surface area contributed by atoms with E-state index >= 15 is 0 Å². The Morgan fingerprint density at radius 3 is 1.96 bits per heavy atom. The second-order valence-electron chi connectivity index (χ2n) is 5.66. The van der Waals surface area contributed by atoms with E-state index in [1.54, 1.807) is 18.2 Å². The first-order chi connectivity index (χ1) is 12.1. The largest absolute Gasteiger partial charge is 0.276 e. The molecule has 0 unspecified atom stereocenters. The molecule has 0 bridgehead atoms. The van der Waals surface area contributed by atoms with Crippen LogP contribution in [0, 0.1) is 0 Å². The van der Waals surface area contributed by atoms with Crippen LogP contribution in [0.15, 0.2) is 42.5 Å². The zero-order valence-electron chi connectivity index (χ0n) is 14.1. The van der Waals surface area contributed by atoms with Gasteiger partial charge in [-0.15, -0.1) is 23.2 Å². The van der Waals surface area contributed by atoms with Crippen LogP contribution in [0.1, 0.15) is 20.7 Å². The van der Waals surface area contributed by atoms with Crippen LogP contribution in [0.5, 0.6) is 0 Å². The fourth-order valence-corrected chi connectivity index (χ4v) is 6.83. The van der Waals surface area contributed by atoms with E-state index in [-0.39, 0.29) is 4.46 Å². The van der Waals surface area contributed by atoms with Gasteiger partial charge in [-0.1, -0.05) is 66.3 Å². The summed E-state index contributed by atoms with van der Waals surface area (Å²) in [6.45, 7) is 4.31. The molecule has 0 fully saturated rings. The summed E-state index contributed by atoms with van der Waals surface area (Å²) < 4.78 is -0.378. The topological polar surface area (TPSA) is 34.1 Å². The molecule has 2 aromatic rings. The van der Waals surface area contributed by atoms with E-state index in [1.165, 1.54) is 0 Å². The van der Waals surface area contributed by atoms with Gasteiger partial charge in [0.1, 0.15) is 0 Å². The Kier molecular flexibility index (Phi) is 10.5. The lowest BCUT2D eigenvalue weighted by Gasteiger charge is -2.08. The quantitative estimate of drug-likeness (QED) is 0.363. The van der Waals surface area contributed by atoms with Crippen LogP contribution >= 0.6 is 58.0 Å². The van der Waals surface area contributed by atoms with Crippen LogP contribution in [0.25, 0.3) is 0 Å². The highest BCUT2D eigenvalue weighted by Crippen LogP contribution is 2.16. The van der Waals surface area contributed by atoms with Gasteiger partial charge in [0.25, 0.3) is 10.5 Å². The molecular formula is C17H17Cl5O2Si2. The normalized spacial score (nSPS) is 11.0. The summed E-state index contributed by atoms with van der Waals surface area (Å²) in [5, 5.41) is 1.61. The number of hydrogen-bond donors (Lipinski definition) is 0. The number of rotatable bonds is 5. The molecule has 0 aliphatic carbocycles. The molecule has 0 aliphatic heterocycles. The number of halogens is 5. The minimum Gasteiger partial charge on any atom is -0.276 e. The van der Waals surface area contributed by atoms with Crippen LogP contribution < -0.4 is 10.4 Å². The first kappa shape index (κ1) is 23.7. The highest BCUT2D eigenvalue weighted by atomic mass is 35.5. The van der Waals surface area contributed by atoms with Crippen molar-refractivity contribution >= 4 is 97.2 Å². The number of benzene rings is 2. The highest BCUT2D eigenvalue weighted by Gasteiger charge is 2.13. The Hall–Kier alpha value is -0.336. The molecule has 0 N–H and O–H groups in total. The third-order valence-electron chi connectivity index (χ3n) is 3.47. The summed E-state index contributed by atoms with van der Waals surface area (Å²) in [6, 6.07) is 12.6. The Morgan fingerprint density at radius 2 is 1.46 bits per heavy atom. The van der Waals surface area contributed by atoms with E-state index in [1.807, 2.05) is 24.3 Å². The monoisotopic (exact) mass is 484 g/mol. The summed E-state index contributed by atoms with van der Waals surface area (Å²) >= 11 is 28.1. The van der Waals surface area contributed by atoms with Gasteiger partial charge in [0.15, 0.2) is 0 Å². The first-order valence-corrected chi connectivity index (χ1v) is 14.1. The number of carbonyl (C=O) groups is 2. The van der Waals surface area contributed by atoms with Gasteiger partial charge in [-0.25, -0.2) is 0 Å². The lowest BCUT2D eigenvalue weighted by molar-refractivity contribution is 0.107. The summed E-state index contributed by atoms with van der Waals surface area (Å²) in [5.41, 5.74) is 0.948. The van der Waals surface area contributed by atoms with Crippen molar-refractivity contribution in [3.63, 3.8) is 0 Å². The molecule has 2 nitrogen and oxygen atoms in total. The van der Waals surface area contributed by atoms with E-state index in [0.29, 0.717) is 16.1 Å². The third kappa shape index (κ3) is 7.35. The van der Waals surface area contributed by atoms with Gasteiger partial charge in [0.2, 0.25) is 0 Å². The van der Waals surface area contributed by atoms with Crippen molar-refractivity contribution in [3.05, 3.63) is 58.6 Å². The maximum Gasteiger partial charge on any atom is 0.253 e. The standard InChI is InChI=1S/C9H10Cl2OSi.C8H7Cl3OSi/c1-13(2)7-5-3-4-6(8(7)10)9(11)12;9-7(12)5-3-1-2-4-6(5)13-8(10)11/h3-5,13H,1-2H3;1-4,8H,13H2. The van der Waals surface area contributed by atoms with Gasteiger partial charge >= 0.3 is 0 Å². The van der Waals surface area contributed by atoms with Gasteiger partial charge in [0, 0.05) is 5.56 Å². The fourth-order valence-electron chi connectivity index (χ4n) is 2.20. The van der Waals surface area contributed by atoms with E-state index in [9.17, 15) is 9.59 Å². The summed E-state index contributed by atoms with van der Waals surface area (Å²) in [4.78, 5) is 21.9. The van der Waals surface area contributed by atoms with Gasteiger partial charge in [0.05, 0.1) is 33.4 Å². The van der Waals surface area contributed by atoms with Crippen LogP contribution in [-0.4, -0.2) is 33.3 Å². The molecule has 0 radical (unpaired) electrons. The second kappa shape index (κ2) is 11.5. The van der Waals surface area contributed by atoms with Crippen molar-refractivity contribution in [1.29, 1.82) is 0 Å². The summed E-state index contributed by atoms with van der Waals surface area (Å²) in [6.07, 6.45) is 0. The lowest BCUT2D eigenvalue weighted by atomic mass is 10.2. The van der Waals surface area contributed by atoms with Gasteiger partial charge in [-0.3, -0.25) is 9.59 Å². The van der Waals surface area contributed by atoms with E-state index in [0.717, 1.165) is 10.4 Å². The van der Waals surface area contributed by atoms with Crippen molar-refractivity contribution in [2.75, 3.05) is 0 Å². The predicted octanol–water partition coefficient (Wildman–Crippen LogP) is 4.03. The summed E-state index contributed by atoms with van der Waals surface area (Å²) in [7, 11) is -1.80. The Bertz CT molecular complexity index is 781. The van der Waals surface area contributed by atoms with Crippen molar-refractivity contribution in [2.24, 2.45) is 0 Å². The Balaban J connectivity index is 0.000000260. The average Bonchev–Trinajstić information content (AvgIpc) is 2.54. The molecule has 0 amide bonds. The lowest BCUT2D eigenvalue weighted by Crippen LogP contribution is -2.25. The Morgan fingerprint density at radius 1 is 0.923 bits per heavy atom. The van der Waals surface area contributed by atoms with Crippen LogP contribution in [0.3, 0.4) is 0 Å². The van der Waals surface area contributed by atoms with E-state index in [4.69, 9.17) is 58.0 Å². The van der Waals surface area contributed by atoms with E-state index < -0.39 is 28.8 Å². The average molecular weight is 487 g/mol. The molecule has 26 heavy (non-hydrogen) atoms. The molecule has 2 aromatic carbocycles. The molecule has 140 valence electrons. The van der Waals surface area contributed by atoms with Crippen LogP contribution in [-0.2, 0) is 0 Å². The second-order valence-corrected chi connectivity index (χ2v) is 14.0. The molecule has 0 atom stereocenters. The molecule has 0 spiro atoms. The molecular weight excluding hydrogens is 470 g/mol. The van der Waals surface area contributed by atoms with Crippen LogP contribution in [0.2, 0.25) is 18.1 Å². The minimum atomic E-state index is -0.980. The maximum absolute atomic E-state index is 10.9. The predicted molar refractivity (Wildman–Crippen MR) is 120 cm³/mol. The van der Waals surface area contributed by atoms with Crippen molar-refractivity contribution in [1.82, 2.24) is 0 Å². The van der Waals surface area contributed by atoms with Crippen molar-refractivity contribution < 1.29 is 9.59 Å². The fraction of sp³-hybridized carbons (Fsp3) is 0.176. The third-order valence-corrected chi connectivity index (χ3v) is 8.49. The van der Waals surface area contributed by atoms with Crippen molar-refractivity contribution in [2.45, 2.75) is 17.6 Å². The van der Waals surface area contributed by atoms with Crippen molar-refractivity contribution in [3.8, 4) is 0 Å². The maximum atomic E-state index is 10.9. The molecule has 0 saturated heterocycles. The number of alkyl halides is 2. The molecule has 2 rings (SSSR count). The SMILES string of the molecule is C[SiH](C)c1cccc(C(=O)Cl)c1Cl.O=C(Cl)c1ccccc1[SiH2]C(Cl)Cl. The van der Waals surface area contributed by atoms with E-state index in [2.05, 4.69) is 13.1 Å². The molecule has 0 aromatic heterocycles. The minimum absolute atomic E-state index is 0.378. The Labute approximate surface area is 182 Å². The molecule has 0 heterocycles. The van der Waals surface area contributed by atoms with Gasteiger partial charge < -0.3 is 0 Å². The molecule has 9 heteroatoms. The van der Waals surface area contributed by atoms with Gasteiger partial charge in [-0.2, -0.15) is 0 Å². The molecule has 0 aliphatic rings. The van der Waals surface area contributed by atoms with Gasteiger partial charge in [-0.05, 0) is 34.5 Å². The smallest absolute Gasteiger partial charge is 0.253 e. The number of carbonyl (C=O) groups excluding carboxylic acids is 2. The molecule has 0 saturated carbocycles. The zero-order chi connectivity index (χ0) is 19.9. The highest BCUT2D eigenvalue weighted by molar-refractivity contribution is 6.78. The zero-order valence-corrected chi connectivity index (χ0v) is 20.5.